The molecule has 0 aliphatic rings. The van der Waals surface area contributed by atoms with Crippen LogP contribution in [-0.4, -0.2) is 23.5 Å². The van der Waals surface area contributed by atoms with Crippen LogP contribution in [0.15, 0.2) is 21.3 Å². The van der Waals surface area contributed by atoms with Gasteiger partial charge in [-0.2, -0.15) is 0 Å². The molecular formula is C6H7ClN2O2. The molecule has 0 amide bonds. The minimum atomic E-state index is -1.09. The number of halogens is 1. The van der Waals surface area contributed by atoms with E-state index in [9.17, 15) is 4.79 Å². The standard InChI is InChI=1S/C6H7ClN2O2/c1-4(6(10)11)9-3-5(7)8-2/h3H,2H2,1H3,(H,10,11)/b5-3-,9-4?. The Morgan fingerprint density at radius 3 is 2.64 bits per heavy atom. The van der Waals surface area contributed by atoms with Gasteiger partial charge < -0.3 is 5.11 Å². The number of carboxylic acid groups (broad SMARTS) is 1. The van der Waals surface area contributed by atoms with Crippen LogP contribution in [0.4, 0.5) is 0 Å². The van der Waals surface area contributed by atoms with Crippen molar-refractivity contribution >= 4 is 30.0 Å². The van der Waals surface area contributed by atoms with Gasteiger partial charge in [0.1, 0.15) is 10.9 Å². The van der Waals surface area contributed by atoms with Crippen molar-refractivity contribution in [2.24, 2.45) is 9.98 Å². The van der Waals surface area contributed by atoms with Gasteiger partial charge in [-0.25, -0.2) is 4.79 Å². The second-order valence-corrected chi connectivity index (χ2v) is 2.02. The molecule has 1 N–H and O–H groups in total. The van der Waals surface area contributed by atoms with Gasteiger partial charge in [0.25, 0.3) is 0 Å². The van der Waals surface area contributed by atoms with Gasteiger partial charge in [0.15, 0.2) is 0 Å². The minimum Gasteiger partial charge on any atom is -0.477 e. The first kappa shape index (κ1) is 9.84. The highest BCUT2D eigenvalue weighted by atomic mass is 35.5. The maximum Gasteiger partial charge on any atom is 0.349 e. The highest BCUT2D eigenvalue weighted by molar-refractivity contribution is 6.35. The second-order valence-electron chi connectivity index (χ2n) is 1.63. The van der Waals surface area contributed by atoms with Crippen molar-refractivity contribution in [3.05, 3.63) is 11.4 Å². The van der Waals surface area contributed by atoms with Crippen LogP contribution in [0.3, 0.4) is 0 Å². The maximum absolute atomic E-state index is 10.2. The number of aliphatic imine (C=N–C) groups is 2. The predicted molar refractivity (Wildman–Crippen MR) is 44.2 cm³/mol. The van der Waals surface area contributed by atoms with Crippen LogP contribution in [0, 0.1) is 0 Å². The van der Waals surface area contributed by atoms with Gasteiger partial charge in [0.05, 0.1) is 6.20 Å². The summed E-state index contributed by atoms with van der Waals surface area (Å²) in [6.45, 7) is 4.47. The van der Waals surface area contributed by atoms with E-state index in [-0.39, 0.29) is 10.9 Å². The minimum absolute atomic E-state index is 0.0493. The summed E-state index contributed by atoms with van der Waals surface area (Å²) in [5, 5.41) is 8.38. The van der Waals surface area contributed by atoms with Crippen LogP contribution in [0.1, 0.15) is 6.92 Å². The largest absolute Gasteiger partial charge is 0.477 e. The first-order chi connectivity index (χ1) is 5.07. The Balaban J connectivity index is 4.34. The number of hydrogen-bond donors (Lipinski definition) is 1. The number of nitrogens with zero attached hydrogens (tertiary/aromatic N) is 2. The van der Waals surface area contributed by atoms with E-state index in [4.69, 9.17) is 16.7 Å². The Hall–Kier alpha value is -1.16. The SMILES string of the molecule is C=N/C(Cl)=C\N=C(C)C(=O)O. The van der Waals surface area contributed by atoms with E-state index < -0.39 is 5.97 Å². The molecule has 0 radical (unpaired) electrons. The van der Waals surface area contributed by atoms with E-state index in [1.165, 1.54) is 6.92 Å². The topological polar surface area (TPSA) is 62.0 Å². The molecule has 11 heavy (non-hydrogen) atoms. The van der Waals surface area contributed by atoms with E-state index in [0.29, 0.717) is 0 Å². The third kappa shape index (κ3) is 4.27. The Morgan fingerprint density at radius 1 is 1.73 bits per heavy atom. The van der Waals surface area contributed by atoms with Crippen molar-refractivity contribution in [1.29, 1.82) is 0 Å². The van der Waals surface area contributed by atoms with Crippen LogP contribution in [0.25, 0.3) is 0 Å². The van der Waals surface area contributed by atoms with E-state index in [1.54, 1.807) is 0 Å². The lowest BCUT2D eigenvalue weighted by Crippen LogP contribution is -2.06. The van der Waals surface area contributed by atoms with E-state index >= 15 is 0 Å². The van der Waals surface area contributed by atoms with Gasteiger partial charge in [-0.15, -0.1) is 0 Å². The van der Waals surface area contributed by atoms with Crippen LogP contribution in [-0.2, 0) is 4.79 Å². The van der Waals surface area contributed by atoms with Gasteiger partial charge >= 0.3 is 5.97 Å². The highest BCUT2D eigenvalue weighted by Crippen LogP contribution is 2.00. The first-order valence-corrected chi connectivity index (χ1v) is 3.05. The van der Waals surface area contributed by atoms with Crippen molar-refractivity contribution in [2.75, 3.05) is 0 Å². The number of rotatable bonds is 3. The lowest BCUT2D eigenvalue weighted by atomic mass is 10.4. The summed E-state index contributed by atoms with van der Waals surface area (Å²) in [6, 6.07) is 0. The summed E-state index contributed by atoms with van der Waals surface area (Å²) in [5.74, 6) is -1.09. The molecule has 0 aromatic carbocycles. The zero-order chi connectivity index (χ0) is 8.85. The van der Waals surface area contributed by atoms with Gasteiger partial charge in [0.2, 0.25) is 0 Å². The van der Waals surface area contributed by atoms with Gasteiger partial charge in [0, 0.05) is 0 Å². The summed E-state index contributed by atoms with van der Waals surface area (Å²) in [7, 11) is 0. The lowest BCUT2D eigenvalue weighted by molar-refractivity contribution is -0.129. The van der Waals surface area contributed by atoms with Crippen molar-refractivity contribution in [2.45, 2.75) is 6.92 Å². The molecule has 0 unspecified atom stereocenters. The molecule has 0 fully saturated rings. The molecule has 0 heterocycles. The van der Waals surface area contributed by atoms with Crippen LogP contribution >= 0.6 is 11.6 Å². The number of carboxylic acids is 1. The number of hydrogen-bond acceptors (Lipinski definition) is 3. The maximum atomic E-state index is 10.2. The zero-order valence-corrected chi connectivity index (χ0v) is 6.67. The lowest BCUT2D eigenvalue weighted by Gasteiger charge is -1.87. The van der Waals surface area contributed by atoms with Gasteiger partial charge in [-0.05, 0) is 13.6 Å². The number of aliphatic carboxylic acids is 1. The number of carbonyl (C=O) groups is 1. The Morgan fingerprint density at radius 2 is 2.27 bits per heavy atom. The average Bonchev–Trinajstić information content (AvgIpc) is 1.99. The van der Waals surface area contributed by atoms with E-state index in [1.807, 2.05) is 0 Å². The van der Waals surface area contributed by atoms with E-state index in [2.05, 4.69) is 16.7 Å². The second kappa shape index (κ2) is 4.62. The molecule has 0 aliphatic carbocycles. The molecule has 0 bridgehead atoms. The smallest absolute Gasteiger partial charge is 0.349 e. The molecule has 0 rings (SSSR count). The van der Waals surface area contributed by atoms with Crippen molar-refractivity contribution in [3.8, 4) is 0 Å². The molecule has 0 aromatic rings. The van der Waals surface area contributed by atoms with Crippen LogP contribution < -0.4 is 0 Å². The van der Waals surface area contributed by atoms with Gasteiger partial charge in [-0.1, -0.05) is 11.6 Å². The monoisotopic (exact) mass is 174 g/mol. The first-order valence-electron chi connectivity index (χ1n) is 2.68. The fourth-order valence-electron chi connectivity index (χ4n) is 0.246. The molecule has 0 saturated heterocycles. The Labute approximate surface area is 68.9 Å². The Bertz CT molecular complexity index is 233. The summed E-state index contributed by atoms with van der Waals surface area (Å²) < 4.78 is 0. The molecule has 0 saturated carbocycles. The molecular weight excluding hydrogens is 168 g/mol. The van der Waals surface area contributed by atoms with Crippen molar-refractivity contribution in [3.63, 3.8) is 0 Å². The molecule has 0 aliphatic heterocycles. The third-order valence-corrected chi connectivity index (χ3v) is 1.04. The fraction of sp³-hybridized carbons (Fsp3) is 0.167. The molecule has 4 nitrogen and oxygen atoms in total. The van der Waals surface area contributed by atoms with Crippen molar-refractivity contribution < 1.29 is 9.90 Å². The molecule has 0 atom stereocenters. The summed E-state index contributed by atoms with van der Waals surface area (Å²) in [6.07, 6.45) is 1.12. The highest BCUT2D eigenvalue weighted by Gasteiger charge is 1.98. The Kier molecular flexibility index (Phi) is 4.14. The molecule has 5 heteroatoms. The quantitative estimate of drug-likeness (QED) is 0.517. The summed E-state index contributed by atoms with van der Waals surface area (Å²) in [4.78, 5) is 16.9. The predicted octanol–water partition coefficient (Wildman–Crippen LogP) is 1.27. The summed E-state index contributed by atoms with van der Waals surface area (Å²) in [5.41, 5.74) is -0.0493. The fourth-order valence-corrected chi connectivity index (χ4v) is 0.295. The average molecular weight is 175 g/mol. The van der Waals surface area contributed by atoms with Crippen LogP contribution in [0.2, 0.25) is 0 Å². The zero-order valence-electron chi connectivity index (χ0n) is 5.91. The van der Waals surface area contributed by atoms with E-state index in [0.717, 1.165) is 6.20 Å². The third-order valence-electron chi connectivity index (χ3n) is 0.825. The van der Waals surface area contributed by atoms with Gasteiger partial charge in [-0.3, -0.25) is 9.98 Å². The summed E-state index contributed by atoms with van der Waals surface area (Å²) >= 11 is 5.35. The van der Waals surface area contributed by atoms with Crippen molar-refractivity contribution in [1.82, 2.24) is 0 Å². The normalized spacial score (nSPS) is 12.9. The van der Waals surface area contributed by atoms with Crippen LogP contribution in [0.5, 0.6) is 0 Å². The molecule has 0 aromatic heterocycles. The molecule has 0 spiro atoms. The molecule has 60 valence electrons.